The summed E-state index contributed by atoms with van der Waals surface area (Å²) in [6, 6.07) is 5.56. The van der Waals surface area contributed by atoms with Gasteiger partial charge in [0.05, 0.1) is 11.7 Å². The molecule has 0 spiro atoms. The Bertz CT molecular complexity index is 697. The van der Waals surface area contributed by atoms with E-state index in [1.165, 1.54) is 16.7 Å². The zero-order chi connectivity index (χ0) is 20.5. The largest absolute Gasteiger partial charge is 0.480 e. The fourth-order valence-electron chi connectivity index (χ4n) is 3.24. The summed E-state index contributed by atoms with van der Waals surface area (Å²) in [5, 5.41) is 21.8. The zero-order valence-electron chi connectivity index (χ0n) is 16.1. The Morgan fingerprint density at radius 1 is 1.21 bits per heavy atom. The molecule has 0 saturated carbocycles. The van der Waals surface area contributed by atoms with Crippen molar-refractivity contribution in [2.75, 3.05) is 17.2 Å². The standard InChI is InChI=1S/C20H28N2O5S/c1-2-3-4-5-6-9-14(20(26)27)21-15-13-28-17-11-8-7-10-16(17)22(19(15)25)12-18(23)24/h7-8,10-11,14-15,21H,2-6,9,12-13H2,1H3,(H,23,24)(H,26,27). The topological polar surface area (TPSA) is 107 Å². The summed E-state index contributed by atoms with van der Waals surface area (Å²) in [5.41, 5.74) is 0.552. The first kappa shape index (κ1) is 22.2. The van der Waals surface area contributed by atoms with E-state index in [0.29, 0.717) is 17.9 Å². The number of hydrogen-bond donors (Lipinski definition) is 3. The van der Waals surface area contributed by atoms with Crippen molar-refractivity contribution in [3.63, 3.8) is 0 Å². The van der Waals surface area contributed by atoms with Crippen LogP contribution < -0.4 is 10.2 Å². The fraction of sp³-hybridized carbons (Fsp3) is 0.550. The van der Waals surface area contributed by atoms with Crippen LogP contribution in [0, 0.1) is 0 Å². The minimum Gasteiger partial charge on any atom is -0.480 e. The highest BCUT2D eigenvalue weighted by molar-refractivity contribution is 7.99. The van der Waals surface area contributed by atoms with Crippen molar-refractivity contribution in [2.45, 2.75) is 62.4 Å². The van der Waals surface area contributed by atoms with Gasteiger partial charge < -0.3 is 10.2 Å². The molecule has 0 radical (unpaired) electrons. The molecule has 0 aromatic heterocycles. The van der Waals surface area contributed by atoms with Gasteiger partial charge in [-0.1, -0.05) is 51.2 Å². The third kappa shape index (κ3) is 6.24. The minimum absolute atomic E-state index is 0.353. The number of carbonyl (C=O) groups is 3. The van der Waals surface area contributed by atoms with Crippen LogP contribution in [-0.2, 0) is 14.4 Å². The number of hydrogen-bond acceptors (Lipinski definition) is 5. The van der Waals surface area contributed by atoms with Crippen LogP contribution in [0.15, 0.2) is 29.2 Å². The van der Waals surface area contributed by atoms with E-state index in [0.717, 1.165) is 37.0 Å². The number of thioether (sulfide) groups is 1. The molecule has 1 amide bonds. The van der Waals surface area contributed by atoms with Crippen molar-refractivity contribution in [3.8, 4) is 0 Å². The first-order valence-electron chi connectivity index (χ1n) is 9.68. The number of para-hydroxylation sites is 1. The summed E-state index contributed by atoms with van der Waals surface area (Å²) in [4.78, 5) is 38.0. The van der Waals surface area contributed by atoms with Gasteiger partial charge in [0.25, 0.3) is 0 Å². The van der Waals surface area contributed by atoms with Gasteiger partial charge in [-0.15, -0.1) is 11.8 Å². The lowest BCUT2D eigenvalue weighted by Gasteiger charge is -2.26. The number of carbonyl (C=O) groups excluding carboxylic acids is 1. The maximum Gasteiger partial charge on any atom is 0.323 e. The van der Waals surface area contributed by atoms with Crippen LogP contribution in [0.4, 0.5) is 5.69 Å². The van der Waals surface area contributed by atoms with Crippen molar-refractivity contribution < 1.29 is 24.6 Å². The summed E-state index contributed by atoms with van der Waals surface area (Å²) in [6.07, 6.45) is 5.50. The van der Waals surface area contributed by atoms with Gasteiger partial charge in [0.15, 0.2) is 0 Å². The minimum atomic E-state index is -1.11. The molecule has 1 aliphatic rings. The SMILES string of the molecule is CCCCCCCC(NC1CSc2ccccc2N(CC(=O)O)C1=O)C(=O)O. The predicted octanol–water partition coefficient (Wildman–Crippen LogP) is 2.98. The highest BCUT2D eigenvalue weighted by Crippen LogP contribution is 2.34. The molecule has 2 rings (SSSR count). The molecule has 3 N–H and O–H groups in total. The van der Waals surface area contributed by atoms with Crippen LogP contribution in [-0.4, -0.2) is 52.4 Å². The van der Waals surface area contributed by atoms with E-state index >= 15 is 0 Å². The highest BCUT2D eigenvalue weighted by Gasteiger charge is 2.34. The maximum absolute atomic E-state index is 13.0. The molecule has 0 saturated heterocycles. The Morgan fingerprint density at radius 3 is 2.61 bits per heavy atom. The van der Waals surface area contributed by atoms with Crippen molar-refractivity contribution in [1.29, 1.82) is 0 Å². The van der Waals surface area contributed by atoms with Gasteiger partial charge in [-0.25, -0.2) is 0 Å². The molecule has 0 aliphatic carbocycles. The molecule has 0 fully saturated rings. The molecule has 8 heteroatoms. The van der Waals surface area contributed by atoms with Crippen LogP contribution in [0.25, 0.3) is 0 Å². The van der Waals surface area contributed by atoms with Gasteiger partial charge >= 0.3 is 11.9 Å². The lowest BCUT2D eigenvalue weighted by Crippen LogP contribution is -2.53. The predicted molar refractivity (Wildman–Crippen MR) is 109 cm³/mol. The van der Waals surface area contributed by atoms with E-state index in [2.05, 4.69) is 12.2 Å². The number of nitrogens with one attached hydrogen (secondary N) is 1. The number of anilines is 1. The van der Waals surface area contributed by atoms with E-state index in [1.54, 1.807) is 12.1 Å². The molecule has 154 valence electrons. The molecule has 1 aromatic rings. The second-order valence-electron chi connectivity index (χ2n) is 6.91. The number of aliphatic carboxylic acids is 2. The van der Waals surface area contributed by atoms with Crippen molar-refractivity contribution in [1.82, 2.24) is 5.32 Å². The van der Waals surface area contributed by atoms with Crippen LogP contribution in [0.5, 0.6) is 0 Å². The average molecular weight is 409 g/mol. The quantitative estimate of drug-likeness (QED) is 0.483. The van der Waals surface area contributed by atoms with E-state index in [-0.39, 0.29) is 0 Å². The number of carboxylic acids is 2. The number of rotatable bonds is 11. The zero-order valence-corrected chi connectivity index (χ0v) is 16.9. The van der Waals surface area contributed by atoms with Gasteiger partial charge in [0, 0.05) is 10.6 Å². The Hall–Kier alpha value is -2.06. The Balaban J connectivity index is 2.10. The van der Waals surface area contributed by atoms with Gasteiger partial charge in [-0.2, -0.15) is 0 Å². The van der Waals surface area contributed by atoms with Gasteiger partial charge in [0.2, 0.25) is 5.91 Å². The first-order chi connectivity index (χ1) is 13.4. The summed E-state index contributed by atoms with van der Waals surface area (Å²) in [7, 11) is 0. The van der Waals surface area contributed by atoms with Crippen LogP contribution in [0.1, 0.15) is 45.4 Å². The normalized spacial score (nSPS) is 17.7. The van der Waals surface area contributed by atoms with Crippen molar-refractivity contribution in [3.05, 3.63) is 24.3 Å². The van der Waals surface area contributed by atoms with Gasteiger partial charge in [0.1, 0.15) is 12.6 Å². The molecule has 1 aromatic carbocycles. The third-order valence-corrected chi connectivity index (χ3v) is 5.87. The fourth-order valence-corrected chi connectivity index (χ4v) is 4.33. The molecular weight excluding hydrogens is 380 g/mol. The van der Waals surface area contributed by atoms with Crippen molar-refractivity contribution in [2.24, 2.45) is 0 Å². The van der Waals surface area contributed by atoms with E-state index in [4.69, 9.17) is 0 Å². The Labute approximate surface area is 169 Å². The van der Waals surface area contributed by atoms with E-state index < -0.39 is 36.5 Å². The van der Waals surface area contributed by atoms with Gasteiger partial charge in [-0.05, 0) is 18.6 Å². The number of carboxylic acid groups (broad SMARTS) is 2. The maximum atomic E-state index is 13.0. The van der Waals surface area contributed by atoms with Crippen LogP contribution in [0.3, 0.4) is 0 Å². The van der Waals surface area contributed by atoms with E-state index in [1.807, 2.05) is 12.1 Å². The molecule has 1 aliphatic heterocycles. The highest BCUT2D eigenvalue weighted by atomic mass is 32.2. The molecule has 2 unspecified atom stereocenters. The summed E-state index contributed by atoms with van der Waals surface area (Å²) in [5.74, 6) is -2.15. The molecule has 7 nitrogen and oxygen atoms in total. The molecular formula is C20H28N2O5S. The van der Waals surface area contributed by atoms with Crippen LogP contribution in [0.2, 0.25) is 0 Å². The van der Waals surface area contributed by atoms with Crippen molar-refractivity contribution >= 4 is 35.3 Å². The second-order valence-corrected chi connectivity index (χ2v) is 7.97. The number of amides is 1. The lowest BCUT2D eigenvalue weighted by atomic mass is 10.1. The molecule has 2 atom stereocenters. The summed E-state index contributed by atoms with van der Waals surface area (Å²) < 4.78 is 0. The Morgan fingerprint density at radius 2 is 1.93 bits per heavy atom. The lowest BCUT2D eigenvalue weighted by molar-refractivity contribution is -0.140. The summed E-state index contributed by atoms with van der Waals surface area (Å²) >= 11 is 1.43. The summed E-state index contributed by atoms with van der Waals surface area (Å²) in [6.45, 7) is 1.67. The third-order valence-electron chi connectivity index (χ3n) is 4.72. The van der Waals surface area contributed by atoms with E-state index in [9.17, 15) is 24.6 Å². The number of nitrogens with zero attached hydrogens (tertiary/aromatic N) is 1. The van der Waals surface area contributed by atoms with Gasteiger partial charge in [-0.3, -0.25) is 24.6 Å². The molecule has 28 heavy (non-hydrogen) atoms. The number of benzene rings is 1. The van der Waals surface area contributed by atoms with Crippen LogP contribution >= 0.6 is 11.8 Å². The monoisotopic (exact) mass is 408 g/mol. The second kappa shape index (κ2) is 11.1. The molecule has 0 bridgehead atoms. The first-order valence-corrected chi connectivity index (χ1v) is 10.7. The number of fused-ring (bicyclic) bond motifs is 1. The smallest absolute Gasteiger partial charge is 0.323 e. The molecule has 1 heterocycles. The number of unbranched alkanes of at least 4 members (excludes halogenated alkanes) is 4. The Kier molecular flexibility index (Phi) is 8.79. The average Bonchev–Trinajstić information content (AvgIpc) is 2.78.